The molecule has 1 saturated carbocycles. The summed E-state index contributed by atoms with van der Waals surface area (Å²) in [6.45, 7) is 2.00. The lowest BCUT2D eigenvalue weighted by molar-refractivity contribution is -0.135. The van der Waals surface area contributed by atoms with Gasteiger partial charge < -0.3 is 4.74 Å². The third-order valence-electron chi connectivity index (χ3n) is 2.46. The Kier molecular flexibility index (Phi) is 5.10. The van der Waals surface area contributed by atoms with Gasteiger partial charge in [0.2, 0.25) is 5.84 Å². The fourth-order valence-corrected chi connectivity index (χ4v) is 1.72. The number of amidine groups is 1. The maximum absolute atomic E-state index is 11.3. The molecule has 0 amide bonds. The SMILES string of the molecule is CCOC(=O)C(=NC1CCCCC1)NO. The van der Waals surface area contributed by atoms with Crippen molar-refractivity contribution in [1.29, 1.82) is 0 Å². The van der Waals surface area contributed by atoms with E-state index in [1.54, 1.807) is 6.92 Å². The van der Waals surface area contributed by atoms with Crippen LogP contribution < -0.4 is 5.48 Å². The van der Waals surface area contributed by atoms with Gasteiger partial charge in [0.1, 0.15) is 0 Å². The molecule has 0 atom stereocenters. The van der Waals surface area contributed by atoms with Crippen molar-refractivity contribution < 1.29 is 14.7 Å². The lowest BCUT2D eigenvalue weighted by atomic mass is 9.96. The van der Waals surface area contributed by atoms with Crippen molar-refractivity contribution in [3.63, 3.8) is 0 Å². The van der Waals surface area contributed by atoms with Crippen LogP contribution in [-0.4, -0.2) is 29.7 Å². The van der Waals surface area contributed by atoms with Crippen LogP contribution in [0.25, 0.3) is 0 Å². The number of nitrogens with one attached hydrogen (secondary N) is 1. The van der Waals surface area contributed by atoms with E-state index in [0.717, 1.165) is 25.7 Å². The monoisotopic (exact) mass is 214 g/mol. The number of rotatable bonds is 2. The molecule has 86 valence electrons. The van der Waals surface area contributed by atoms with Gasteiger partial charge in [-0.2, -0.15) is 0 Å². The van der Waals surface area contributed by atoms with E-state index < -0.39 is 5.97 Å². The number of hydroxylamine groups is 1. The van der Waals surface area contributed by atoms with Crippen LogP contribution in [0.15, 0.2) is 4.99 Å². The molecule has 1 fully saturated rings. The van der Waals surface area contributed by atoms with Crippen LogP contribution >= 0.6 is 0 Å². The summed E-state index contributed by atoms with van der Waals surface area (Å²) in [7, 11) is 0. The van der Waals surface area contributed by atoms with Crippen molar-refractivity contribution in [3.8, 4) is 0 Å². The molecular weight excluding hydrogens is 196 g/mol. The Hall–Kier alpha value is -1.10. The summed E-state index contributed by atoms with van der Waals surface area (Å²) in [6.07, 6.45) is 5.45. The van der Waals surface area contributed by atoms with E-state index in [1.807, 2.05) is 5.48 Å². The standard InChI is InChI=1S/C10H18N2O3/c1-2-15-10(13)9(12-14)11-8-6-4-3-5-7-8/h8,14H,2-7H2,1H3,(H,11,12). The van der Waals surface area contributed by atoms with E-state index in [0.29, 0.717) is 0 Å². The second kappa shape index (κ2) is 6.40. The number of hydrogen-bond donors (Lipinski definition) is 2. The van der Waals surface area contributed by atoms with Crippen molar-refractivity contribution in [3.05, 3.63) is 0 Å². The average Bonchev–Trinajstić information content (AvgIpc) is 2.27. The Labute approximate surface area is 89.5 Å². The molecule has 1 aliphatic carbocycles. The van der Waals surface area contributed by atoms with Crippen LogP contribution in [0, 0.1) is 0 Å². The van der Waals surface area contributed by atoms with Gasteiger partial charge >= 0.3 is 5.97 Å². The molecule has 0 bridgehead atoms. The maximum Gasteiger partial charge on any atom is 0.375 e. The van der Waals surface area contributed by atoms with E-state index in [-0.39, 0.29) is 18.5 Å². The molecule has 0 saturated heterocycles. The molecule has 0 aromatic carbocycles. The van der Waals surface area contributed by atoms with Crippen molar-refractivity contribution in [1.82, 2.24) is 5.48 Å². The van der Waals surface area contributed by atoms with Gasteiger partial charge in [0.15, 0.2) is 0 Å². The van der Waals surface area contributed by atoms with E-state index >= 15 is 0 Å². The molecule has 2 N–H and O–H groups in total. The molecule has 1 aliphatic rings. The molecule has 0 aromatic rings. The van der Waals surface area contributed by atoms with Gasteiger partial charge in [-0.25, -0.2) is 10.3 Å². The Morgan fingerprint density at radius 2 is 2.13 bits per heavy atom. The predicted octanol–water partition coefficient (Wildman–Crippen LogP) is 1.26. The molecule has 0 spiro atoms. The summed E-state index contributed by atoms with van der Waals surface area (Å²) in [5.41, 5.74) is 1.81. The zero-order valence-corrected chi connectivity index (χ0v) is 9.03. The average molecular weight is 214 g/mol. The largest absolute Gasteiger partial charge is 0.460 e. The molecule has 0 unspecified atom stereocenters. The Balaban J connectivity index is 2.54. The number of hydrogen-bond acceptors (Lipinski definition) is 4. The Morgan fingerprint density at radius 1 is 1.47 bits per heavy atom. The number of carbonyl (C=O) groups is 1. The highest BCUT2D eigenvalue weighted by atomic mass is 16.5. The second-order valence-corrected chi connectivity index (χ2v) is 3.60. The number of ether oxygens (including phenoxy) is 1. The van der Waals surface area contributed by atoms with E-state index in [9.17, 15) is 4.79 Å². The van der Waals surface area contributed by atoms with Gasteiger partial charge in [0.25, 0.3) is 0 Å². The van der Waals surface area contributed by atoms with Crippen molar-refractivity contribution >= 4 is 11.8 Å². The molecule has 5 heteroatoms. The van der Waals surface area contributed by atoms with Gasteiger partial charge in [-0.05, 0) is 19.8 Å². The first-order chi connectivity index (χ1) is 7.27. The van der Waals surface area contributed by atoms with E-state index in [4.69, 9.17) is 9.94 Å². The van der Waals surface area contributed by atoms with Crippen LogP contribution in [0.3, 0.4) is 0 Å². The fraction of sp³-hybridized carbons (Fsp3) is 0.800. The number of aliphatic imine (C=N–C) groups is 1. The van der Waals surface area contributed by atoms with Crippen molar-refractivity contribution in [2.24, 2.45) is 4.99 Å². The van der Waals surface area contributed by atoms with Gasteiger partial charge in [-0.1, -0.05) is 19.3 Å². The van der Waals surface area contributed by atoms with Gasteiger partial charge in [-0.3, -0.25) is 10.2 Å². The third-order valence-corrected chi connectivity index (χ3v) is 2.46. The smallest absolute Gasteiger partial charge is 0.375 e. The Bertz CT molecular complexity index is 235. The summed E-state index contributed by atoms with van der Waals surface area (Å²) in [5.74, 6) is -0.672. The molecule has 0 heterocycles. The van der Waals surface area contributed by atoms with Crippen LogP contribution in [0.4, 0.5) is 0 Å². The maximum atomic E-state index is 11.3. The fourth-order valence-electron chi connectivity index (χ4n) is 1.72. The van der Waals surface area contributed by atoms with E-state index in [2.05, 4.69) is 4.99 Å². The zero-order valence-electron chi connectivity index (χ0n) is 9.03. The lowest BCUT2D eigenvalue weighted by Gasteiger charge is -2.18. The topological polar surface area (TPSA) is 70.9 Å². The number of esters is 1. The van der Waals surface area contributed by atoms with Crippen molar-refractivity contribution in [2.75, 3.05) is 6.61 Å². The number of carbonyl (C=O) groups excluding carboxylic acids is 1. The van der Waals surface area contributed by atoms with Gasteiger partial charge in [-0.15, -0.1) is 0 Å². The first kappa shape index (κ1) is 12.0. The molecule has 0 radical (unpaired) electrons. The molecule has 0 aliphatic heterocycles. The van der Waals surface area contributed by atoms with E-state index in [1.165, 1.54) is 6.42 Å². The van der Waals surface area contributed by atoms with Crippen LogP contribution in [-0.2, 0) is 9.53 Å². The highest BCUT2D eigenvalue weighted by Crippen LogP contribution is 2.20. The second-order valence-electron chi connectivity index (χ2n) is 3.60. The minimum atomic E-state index is -0.592. The minimum Gasteiger partial charge on any atom is -0.460 e. The Morgan fingerprint density at radius 3 is 2.67 bits per heavy atom. The molecule has 0 aromatic heterocycles. The molecule has 1 rings (SSSR count). The minimum absolute atomic E-state index is 0.0799. The summed E-state index contributed by atoms with van der Waals surface area (Å²) in [5, 5.41) is 8.77. The van der Waals surface area contributed by atoms with Gasteiger partial charge in [0, 0.05) is 0 Å². The highest BCUT2D eigenvalue weighted by Gasteiger charge is 2.17. The molecule has 15 heavy (non-hydrogen) atoms. The summed E-state index contributed by atoms with van der Waals surface area (Å²) < 4.78 is 4.74. The third kappa shape index (κ3) is 3.87. The highest BCUT2D eigenvalue weighted by molar-refractivity contribution is 6.35. The quantitative estimate of drug-likeness (QED) is 0.314. The van der Waals surface area contributed by atoms with Crippen LogP contribution in [0.2, 0.25) is 0 Å². The molecule has 5 nitrogen and oxygen atoms in total. The normalized spacial score (nSPS) is 18.7. The number of nitrogens with zero attached hydrogens (tertiary/aromatic N) is 1. The first-order valence-corrected chi connectivity index (χ1v) is 5.43. The van der Waals surface area contributed by atoms with Crippen LogP contribution in [0.5, 0.6) is 0 Å². The summed E-state index contributed by atoms with van der Waals surface area (Å²) in [4.78, 5) is 15.4. The van der Waals surface area contributed by atoms with Crippen molar-refractivity contribution in [2.45, 2.75) is 45.1 Å². The summed E-state index contributed by atoms with van der Waals surface area (Å²) in [6, 6.07) is 0.137. The van der Waals surface area contributed by atoms with Crippen LogP contribution in [0.1, 0.15) is 39.0 Å². The predicted molar refractivity (Wildman–Crippen MR) is 55.9 cm³/mol. The van der Waals surface area contributed by atoms with Gasteiger partial charge in [0.05, 0.1) is 12.6 Å². The molecular formula is C10H18N2O3. The summed E-state index contributed by atoms with van der Waals surface area (Å²) >= 11 is 0. The zero-order chi connectivity index (χ0) is 11.1. The lowest BCUT2D eigenvalue weighted by Crippen LogP contribution is -2.32. The first-order valence-electron chi connectivity index (χ1n) is 5.43.